The molecule has 0 amide bonds. The van der Waals surface area contributed by atoms with E-state index in [1.165, 1.54) is 11.3 Å². The van der Waals surface area contributed by atoms with Gasteiger partial charge in [-0.05, 0) is 17.4 Å². The zero-order valence-corrected chi connectivity index (χ0v) is 7.89. The smallest absolute Gasteiger partial charge is 0.0265 e. The first-order valence-electron chi connectivity index (χ1n) is 4.36. The normalized spacial score (nSPS) is 17.6. The second-order valence-electron chi connectivity index (χ2n) is 3.81. The highest BCUT2D eigenvalue weighted by Crippen LogP contribution is 2.22. The lowest BCUT2D eigenvalue weighted by molar-refractivity contribution is 0.750. The summed E-state index contributed by atoms with van der Waals surface area (Å²) in [5, 5.41) is 0. The zero-order chi connectivity index (χ0) is 8.43. The molecule has 0 unspecified atom stereocenters. The average Bonchev–Trinajstić information content (AvgIpc) is 2.33. The summed E-state index contributed by atoms with van der Waals surface area (Å²) in [6.45, 7) is 8.86. The molecule has 0 aromatic rings. The van der Waals surface area contributed by atoms with Crippen molar-refractivity contribution < 1.29 is 0 Å². The van der Waals surface area contributed by atoms with Gasteiger partial charge in [-0.3, -0.25) is 4.99 Å². The van der Waals surface area contributed by atoms with Crippen LogP contribution in [-0.2, 0) is 0 Å². The molecule has 1 aliphatic rings. The molecule has 1 heterocycles. The molecule has 0 spiro atoms. The van der Waals surface area contributed by atoms with Crippen LogP contribution < -0.4 is 0 Å². The Morgan fingerprint density at radius 1 is 1.18 bits per heavy atom. The Hall–Kier alpha value is -0.590. The van der Waals surface area contributed by atoms with Gasteiger partial charge in [0.15, 0.2) is 0 Å². The summed E-state index contributed by atoms with van der Waals surface area (Å²) in [6.07, 6.45) is 3.15. The number of hydrogen-bond donors (Lipinski definition) is 0. The van der Waals surface area contributed by atoms with E-state index in [-0.39, 0.29) is 0 Å². The Morgan fingerprint density at radius 2 is 1.82 bits per heavy atom. The summed E-state index contributed by atoms with van der Waals surface area (Å²) in [6, 6.07) is 0. The second-order valence-corrected chi connectivity index (χ2v) is 3.81. The first-order chi connectivity index (χ1) is 5.11. The predicted molar refractivity (Wildman–Crippen MR) is 49.8 cm³/mol. The maximum absolute atomic E-state index is 4.39. The van der Waals surface area contributed by atoms with Crippen molar-refractivity contribution in [2.75, 3.05) is 0 Å². The fraction of sp³-hybridized carbons (Fsp3) is 0.700. The van der Waals surface area contributed by atoms with Gasteiger partial charge in [-0.25, -0.2) is 0 Å². The molecule has 1 rings (SSSR count). The Kier molecular flexibility index (Phi) is 2.48. The molecule has 1 aliphatic heterocycles. The maximum atomic E-state index is 4.39. The highest BCUT2D eigenvalue weighted by atomic mass is 14.7. The van der Waals surface area contributed by atoms with Crippen LogP contribution in [0, 0.1) is 11.8 Å². The van der Waals surface area contributed by atoms with Gasteiger partial charge < -0.3 is 0 Å². The minimum absolute atomic E-state index is 0.613. The quantitative estimate of drug-likeness (QED) is 0.575. The van der Waals surface area contributed by atoms with Crippen LogP contribution in [0.4, 0.5) is 0 Å². The molecule has 0 aromatic heterocycles. The number of rotatable bonds is 2. The van der Waals surface area contributed by atoms with E-state index >= 15 is 0 Å². The Morgan fingerprint density at radius 3 is 2.09 bits per heavy atom. The van der Waals surface area contributed by atoms with Crippen molar-refractivity contribution in [2.45, 2.75) is 34.1 Å². The fourth-order valence-corrected chi connectivity index (χ4v) is 1.17. The number of aliphatic imine (C=N–C) groups is 1. The van der Waals surface area contributed by atoms with E-state index < -0.39 is 0 Å². The molecule has 1 nitrogen and oxygen atoms in total. The van der Waals surface area contributed by atoms with Gasteiger partial charge in [0.05, 0.1) is 0 Å². The van der Waals surface area contributed by atoms with Gasteiger partial charge in [0.1, 0.15) is 0 Å². The molecule has 0 radical (unpaired) electrons. The van der Waals surface area contributed by atoms with E-state index in [0.29, 0.717) is 11.8 Å². The molecular weight excluding hydrogens is 134 g/mol. The van der Waals surface area contributed by atoms with Gasteiger partial charge in [0.25, 0.3) is 0 Å². The Bertz CT molecular complexity index is 175. The van der Waals surface area contributed by atoms with Crippen LogP contribution >= 0.6 is 0 Å². The number of nitrogens with zero attached hydrogens (tertiary/aromatic N) is 1. The first-order valence-corrected chi connectivity index (χ1v) is 4.36. The maximum Gasteiger partial charge on any atom is 0.0265 e. The van der Waals surface area contributed by atoms with E-state index in [4.69, 9.17) is 0 Å². The van der Waals surface area contributed by atoms with Crippen LogP contribution in [0.25, 0.3) is 0 Å². The lowest BCUT2D eigenvalue weighted by atomic mass is 9.96. The lowest BCUT2D eigenvalue weighted by Crippen LogP contribution is -2.06. The van der Waals surface area contributed by atoms with Gasteiger partial charge in [-0.2, -0.15) is 0 Å². The minimum Gasteiger partial charge on any atom is -0.265 e. The van der Waals surface area contributed by atoms with Crippen molar-refractivity contribution in [1.29, 1.82) is 0 Å². The van der Waals surface area contributed by atoms with Crippen molar-refractivity contribution in [2.24, 2.45) is 16.8 Å². The van der Waals surface area contributed by atoms with E-state index in [1.807, 2.05) is 6.20 Å². The van der Waals surface area contributed by atoms with Crippen molar-refractivity contribution in [3.8, 4) is 0 Å². The van der Waals surface area contributed by atoms with Crippen molar-refractivity contribution in [3.05, 3.63) is 11.8 Å². The molecule has 0 atom stereocenters. The van der Waals surface area contributed by atoms with Gasteiger partial charge in [-0.15, -0.1) is 0 Å². The summed E-state index contributed by atoms with van der Waals surface area (Å²) < 4.78 is 0. The molecule has 1 heteroatoms. The molecule has 0 N–H and O–H groups in total. The summed E-state index contributed by atoms with van der Waals surface area (Å²) in [4.78, 5) is 4.39. The highest BCUT2D eigenvalue weighted by molar-refractivity contribution is 5.90. The van der Waals surface area contributed by atoms with Crippen LogP contribution in [0.1, 0.15) is 34.1 Å². The first kappa shape index (κ1) is 8.51. The highest BCUT2D eigenvalue weighted by Gasteiger charge is 2.14. The van der Waals surface area contributed by atoms with Crippen molar-refractivity contribution in [1.82, 2.24) is 0 Å². The Balaban J connectivity index is 2.52. The third kappa shape index (κ3) is 1.92. The topological polar surface area (TPSA) is 12.4 Å². The van der Waals surface area contributed by atoms with Gasteiger partial charge in [0, 0.05) is 18.3 Å². The minimum atomic E-state index is 0.613. The van der Waals surface area contributed by atoms with E-state index in [9.17, 15) is 0 Å². The molecule has 0 aliphatic carbocycles. The summed E-state index contributed by atoms with van der Waals surface area (Å²) in [7, 11) is 0. The molecule has 0 aromatic carbocycles. The lowest BCUT2D eigenvalue weighted by Gasteiger charge is -2.07. The van der Waals surface area contributed by atoms with E-state index in [1.54, 1.807) is 0 Å². The van der Waals surface area contributed by atoms with Crippen LogP contribution in [0.15, 0.2) is 16.8 Å². The van der Waals surface area contributed by atoms with Crippen LogP contribution in [0.2, 0.25) is 0 Å². The van der Waals surface area contributed by atoms with Gasteiger partial charge in [-0.1, -0.05) is 27.7 Å². The van der Waals surface area contributed by atoms with Gasteiger partial charge in [0.2, 0.25) is 0 Å². The summed E-state index contributed by atoms with van der Waals surface area (Å²) >= 11 is 0. The standard InChI is InChI=1S/C10H17N/c1-7(2)9-5-10(8(3)4)11-6-9/h6-8H,5H2,1-4H3. The number of allylic oxidation sites excluding steroid dienone is 1. The Labute approximate surface area is 69.2 Å². The largest absolute Gasteiger partial charge is 0.265 e. The third-order valence-electron chi connectivity index (χ3n) is 2.19. The second kappa shape index (κ2) is 3.21. The predicted octanol–water partition coefficient (Wildman–Crippen LogP) is 3.03. The monoisotopic (exact) mass is 151 g/mol. The van der Waals surface area contributed by atoms with Crippen LogP contribution in [-0.4, -0.2) is 5.71 Å². The third-order valence-corrected chi connectivity index (χ3v) is 2.19. The van der Waals surface area contributed by atoms with Gasteiger partial charge >= 0.3 is 0 Å². The average molecular weight is 151 g/mol. The van der Waals surface area contributed by atoms with E-state index in [2.05, 4.69) is 32.7 Å². The molecule has 62 valence electrons. The van der Waals surface area contributed by atoms with Crippen molar-refractivity contribution in [3.63, 3.8) is 0 Å². The SMILES string of the molecule is CC(C)C1=CN=C(C(C)C)C1. The summed E-state index contributed by atoms with van der Waals surface area (Å²) in [5.74, 6) is 1.28. The van der Waals surface area contributed by atoms with Crippen LogP contribution in [0.5, 0.6) is 0 Å². The number of hydrogen-bond acceptors (Lipinski definition) is 1. The van der Waals surface area contributed by atoms with E-state index in [0.717, 1.165) is 6.42 Å². The molecule has 0 fully saturated rings. The zero-order valence-electron chi connectivity index (χ0n) is 7.89. The summed E-state index contributed by atoms with van der Waals surface area (Å²) in [5.41, 5.74) is 2.82. The molecule has 11 heavy (non-hydrogen) atoms. The molecule has 0 bridgehead atoms. The van der Waals surface area contributed by atoms with Crippen molar-refractivity contribution >= 4 is 5.71 Å². The molecule has 0 saturated heterocycles. The van der Waals surface area contributed by atoms with Crippen LogP contribution in [0.3, 0.4) is 0 Å². The molecule has 0 saturated carbocycles. The fourth-order valence-electron chi connectivity index (χ4n) is 1.17. The molecular formula is C10H17N.